The highest BCUT2D eigenvalue weighted by Crippen LogP contribution is 2.18. The third kappa shape index (κ3) is 2.24. The van der Waals surface area contributed by atoms with Crippen molar-refractivity contribution >= 4 is 12.3 Å². The van der Waals surface area contributed by atoms with E-state index in [9.17, 15) is 9.59 Å². The summed E-state index contributed by atoms with van der Waals surface area (Å²) in [5, 5.41) is 0. The second-order valence-corrected chi connectivity index (χ2v) is 3.47. The topological polar surface area (TPSA) is 69.2 Å². The van der Waals surface area contributed by atoms with E-state index in [0.717, 1.165) is 5.56 Å². The summed E-state index contributed by atoms with van der Waals surface area (Å²) in [6, 6.07) is 6.73. The molecule has 0 bridgehead atoms. The minimum atomic E-state index is -0.578. The number of carbonyl (C=O) groups is 2. The number of aldehydes is 1. The van der Waals surface area contributed by atoms with Crippen molar-refractivity contribution in [3.63, 3.8) is 0 Å². The van der Waals surface area contributed by atoms with E-state index in [1.54, 1.807) is 30.6 Å². The number of pyridine rings is 2. The number of rotatable bonds is 3. The highest BCUT2D eigenvalue weighted by molar-refractivity contribution is 5.97. The molecule has 0 aliphatic heterocycles. The number of esters is 1. The van der Waals surface area contributed by atoms with Crippen molar-refractivity contribution in [3.05, 3.63) is 47.9 Å². The molecular weight excluding hydrogens is 232 g/mol. The van der Waals surface area contributed by atoms with Gasteiger partial charge >= 0.3 is 5.97 Å². The first-order valence-electron chi connectivity index (χ1n) is 5.21. The lowest BCUT2D eigenvalue weighted by Crippen LogP contribution is -2.07. The normalized spacial score (nSPS) is 9.83. The second-order valence-electron chi connectivity index (χ2n) is 3.47. The number of hydrogen-bond donors (Lipinski definition) is 0. The summed E-state index contributed by atoms with van der Waals surface area (Å²) >= 11 is 0. The van der Waals surface area contributed by atoms with Crippen molar-refractivity contribution in [1.29, 1.82) is 0 Å². The summed E-state index contributed by atoms with van der Waals surface area (Å²) in [4.78, 5) is 30.4. The molecule has 2 aromatic heterocycles. The Kier molecular flexibility index (Phi) is 3.43. The molecule has 0 atom stereocenters. The number of ether oxygens (including phenoxy) is 1. The quantitative estimate of drug-likeness (QED) is 0.605. The van der Waals surface area contributed by atoms with Crippen LogP contribution in [0.15, 0.2) is 36.7 Å². The Balaban J connectivity index is 2.49. The van der Waals surface area contributed by atoms with Crippen molar-refractivity contribution in [2.24, 2.45) is 0 Å². The molecule has 0 aliphatic rings. The first kappa shape index (κ1) is 11.9. The predicted molar refractivity (Wildman–Crippen MR) is 64.2 cm³/mol. The standard InChI is InChI=1S/C13H10N2O3/c1-18-13(17)10-2-3-11(15-12(10)8-16)9-4-6-14-7-5-9/h2-8H,1H3. The molecular formula is C13H10N2O3. The van der Waals surface area contributed by atoms with Crippen LogP contribution in [0.4, 0.5) is 0 Å². The minimum Gasteiger partial charge on any atom is -0.465 e. The Morgan fingerprint density at radius 2 is 1.94 bits per heavy atom. The summed E-state index contributed by atoms with van der Waals surface area (Å²) in [6.07, 6.45) is 3.80. The molecule has 0 saturated heterocycles. The summed E-state index contributed by atoms with van der Waals surface area (Å²) in [5.41, 5.74) is 1.65. The van der Waals surface area contributed by atoms with Crippen LogP contribution in [0.5, 0.6) is 0 Å². The molecule has 18 heavy (non-hydrogen) atoms. The van der Waals surface area contributed by atoms with E-state index < -0.39 is 5.97 Å². The average Bonchev–Trinajstić information content (AvgIpc) is 2.46. The number of hydrogen-bond acceptors (Lipinski definition) is 5. The monoisotopic (exact) mass is 242 g/mol. The highest BCUT2D eigenvalue weighted by atomic mass is 16.5. The number of methoxy groups -OCH3 is 1. The molecule has 0 unspecified atom stereocenters. The van der Waals surface area contributed by atoms with Crippen LogP contribution in [0.25, 0.3) is 11.3 Å². The van der Waals surface area contributed by atoms with Crippen LogP contribution in [0.3, 0.4) is 0 Å². The zero-order valence-corrected chi connectivity index (χ0v) is 9.66. The SMILES string of the molecule is COC(=O)c1ccc(-c2ccncc2)nc1C=O. The Labute approximate surface area is 103 Å². The molecule has 2 aromatic rings. The van der Waals surface area contributed by atoms with Gasteiger partial charge in [0.1, 0.15) is 5.69 Å². The molecule has 2 heterocycles. The minimum absolute atomic E-state index is 0.0659. The average molecular weight is 242 g/mol. The molecule has 2 rings (SSSR count). The van der Waals surface area contributed by atoms with Gasteiger partial charge in [0.2, 0.25) is 0 Å². The van der Waals surface area contributed by atoms with Gasteiger partial charge in [-0.3, -0.25) is 9.78 Å². The van der Waals surface area contributed by atoms with E-state index in [-0.39, 0.29) is 11.3 Å². The number of carbonyl (C=O) groups excluding carboxylic acids is 2. The first-order chi connectivity index (χ1) is 8.76. The fraction of sp³-hybridized carbons (Fsp3) is 0.0769. The van der Waals surface area contributed by atoms with E-state index in [2.05, 4.69) is 14.7 Å². The van der Waals surface area contributed by atoms with Crippen LogP contribution >= 0.6 is 0 Å². The van der Waals surface area contributed by atoms with Crippen molar-refractivity contribution in [2.45, 2.75) is 0 Å². The predicted octanol–water partition coefficient (Wildman–Crippen LogP) is 1.74. The van der Waals surface area contributed by atoms with Crippen LogP contribution in [0.1, 0.15) is 20.8 Å². The lowest BCUT2D eigenvalue weighted by molar-refractivity contribution is 0.0597. The van der Waals surface area contributed by atoms with Gasteiger partial charge in [0.05, 0.1) is 18.4 Å². The van der Waals surface area contributed by atoms with Gasteiger partial charge in [-0.05, 0) is 24.3 Å². The Hall–Kier alpha value is -2.56. The first-order valence-corrected chi connectivity index (χ1v) is 5.21. The lowest BCUT2D eigenvalue weighted by atomic mass is 10.1. The summed E-state index contributed by atoms with van der Waals surface area (Å²) in [6.45, 7) is 0. The van der Waals surface area contributed by atoms with Crippen molar-refractivity contribution in [1.82, 2.24) is 9.97 Å². The van der Waals surface area contributed by atoms with Crippen LogP contribution in [0.2, 0.25) is 0 Å². The van der Waals surface area contributed by atoms with Gasteiger partial charge in [-0.25, -0.2) is 9.78 Å². The fourth-order valence-electron chi connectivity index (χ4n) is 1.53. The van der Waals surface area contributed by atoms with Crippen LogP contribution in [-0.4, -0.2) is 29.3 Å². The Morgan fingerprint density at radius 1 is 1.22 bits per heavy atom. The molecule has 0 aliphatic carbocycles. The molecule has 0 spiro atoms. The van der Waals surface area contributed by atoms with E-state index >= 15 is 0 Å². The van der Waals surface area contributed by atoms with Gasteiger partial charge in [-0.1, -0.05) is 0 Å². The largest absolute Gasteiger partial charge is 0.465 e. The zero-order chi connectivity index (χ0) is 13.0. The van der Waals surface area contributed by atoms with Gasteiger partial charge in [0.25, 0.3) is 0 Å². The van der Waals surface area contributed by atoms with Crippen molar-refractivity contribution in [2.75, 3.05) is 7.11 Å². The van der Waals surface area contributed by atoms with E-state index in [1.165, 1.54) is 13.2 Å². The van der Waals surface area contributed by atoms with Gasteiger partial charge in [0, 0.05) is 18.0 Å². The van der Waals surface area contributed by atoms with E-state index in [0.29, 0.717) is 12.0 Å². The molecule has 0 amide bonds. The summed E-state index contributed by atoms with van der Waals surface area (Å²) in [7, 11) is 1.26. The second kappa shape index (κ2) is 5.18. The molecule has 0 radical (unpaired) electrons. The molecule has 0 N–H and O–H groups in total. The highest BCUT2D eigenvalue weighted by Gasteiger charge is 2.13. The molecule has 0 aromatic carbocycles. The third-order valence-corrected chi connectivity index (χ3v) is 2.42. The molecule has 0 saturated carbocycles. The molecule has 0 fully saturated rings. The maximum absolute atomic E-state index is 11.4. The van der Waals surface area contributed by atoms with Gasteiger partial charge in [-0.2, -0.15) is 0 Å². The zero-order valence-electron chi connectivity index (χ0n) is 9.66. The maximum Gasteiger partial charge on any atom is 0.340 e. The summed E-state index contributed by atoms with van der Waals surface area (Å²) < 4.78 is 4.58. The third-order valence-electron chi connectivity index (χ3n) is 2.42. The number of nitrogens with zero attached hydrogens (tertiary/aromatic N) is 2. The van der Waals surface area contributed by atoms with E-state index in [4.69, 9.17) is 0 Å². The van der Waals surface area contributed by atoms with Gasteiger partial charge in [-0.15, -0.1) is 0 Å². The maximum atomic E-state index is 11.4. The van der Waals surface area contributed by atoms with Crippen LogP contribution in [-0.2, 0) is 4.74 Å². The smallest absolute Gasteiger partial charge is 0.340 e. The lowest BCUT2D eigenvalue weighted by Gasteiger charge is -2.05. The number of aromatic nitrogens is 2. The van der Waals surface area contributed by atoms with Gasteiger partial charge in [0.15, 0.2) is 6.29 Å². The molecule has 90 valence electrons. The molecule has 5 heteroatoms. The van der Waals surface area contributed by atoms with Crippen molar-refractivity contribution < 1.29 is 14.3 Å². The van der Waals surface area contributed by atoms with Crippen LogP contribution < -0.4 is 0 Å². The van der Waals surface area contributed by atoms with Gasteiger partial charge < -0.3 is 4.74 Å². The Bertz CT molecular complexity index is 582. The molecule has 5 nitrogen and oxygen atoms in total. The summed E-state index contributed by atoms with van der Waals surface area (Å²) in [5.74, 6) is -0.578. The van der Waals surface area contributed by atoms with Crippen molar-refractivity contribution in [3.8, 4) is 11.3 Å². The fourth-order valence-corrected chi connectivity index (χ4v) is 1.53. The Morgan fingerprint density at radius 3 is 2.56 bits per heavy atom. The van der Waals surface area contributed by atoms with Crippen LogP contribution in [0, 0.1) is 0 Å². The van der Waals surface area contributed by atoms with E-state index in [1.807, 2.05) is 0 Å².